The van der Waals surface area contributed by atoms with Gasteiger partial charge in [0, 0.05) is 22.5 Å². The van der Waals surface area contributed by atoms with Crippen molar-refractivity contribution in [2.45, 2.75) is 58.5 Å². The van der Waals surface area contributed by atoms with E-state index in [0.717, 1.165) is 5.57 Å². The summed E-state index contributed by atoms with van der Waals surface area (Å²) in [6, 6.07) is 0. The highest BCUT2D eigenvalue weighted by Gasteiger charge is 2.63. The molecule has 2 N–H and O–H groups in total. The van der Waals surface area contributed by atoms with Crippen LogP contribution < -0.4 is 0 Å². The van der Waals surface area contributed by atoms with Crippen molar-refractivity contribution >= 4 is 11.9 Å². The van der Waals surface area contributed by atoms with Gasteiger partial charge in [-0.1, -0.05) is 31.2 Å². The van der Waals surface area contributed by atoms with E-state index >= 15 is 0 Å². The fourth-order valence-electron chi connectivity index (χ4n) is 4.87. The molecule has 142 valence electrons. The van der Waals surface area contributed by atoms with Crippen LogP contribution in [-0.4, -0.2) is 46.6 Å². The minimum atomic E-state index is -0.992. The Morgan fingerprint density at radius 3 is 2.73 bits per heavy atom. The maximum Gasteiger partial charge on any atom is 0.334 e. The minimum Gasteiger partial charge on any atom is -0.458 e. The van der Waals surface area contributed by atoms with Crippen molar-refractivity contribution in [2.75, 3.05) is 0 Å². The van der Waals surface area contributed by atoms with Crippen LogP contribution in [-0.2, 0) is 19.1 Å². The first-order valence-corrected chi connectivity index (χ1v) is 8.90. The fourth-order valence-corrected chi connectivity index (χ4v) is 4.87. The molecule has 0 spiro atoms. The number of aliphatic hydroxyl groups is 2. The van der Waals surface area contributed by atoms with Gasteiger partial charge in [-0.2, -0.15) is 0 Å². The maximum absolute atomic E-state index is 12.3. The third-order valence-electron chi connectivity index (χ3n) is 6.24. The first kappa shape index (κ1) is 18.9. The van der Waals surface area contributed by atoms with Gasteiger partial charge in [-0.3, -0.25) is 0 Å². The normalized spacial score (nSPS) is 42.5. The van der Waals surface area contributed by atoms with Gasteiger partial charge in [-0.25, -0.2) is 9.59 Å². The summed E-state index contributed by atoms with van der Waals surface area (Å²) in [5, 5.41) is 21.3. The molecule has 6 nitrogen and oxygen atoms in total. The van der Waals surface area contributed by atoms with Crippen LogP contribution in [0.1, 0.15) is 34.1 Å². The summed E-state index contributed by atoms with van der Waals surface area (Å²) in [6.45, 7) is 10.9. The average molecular weight is 362 g/mol. The van der Waals surface area contributed by atoms with Crippen LogP contribution in [0.5, 0.6) is 0 Å². The van der Waals surface area contributed by atoms with Gasteiger partial charge in [0.2, 0.25) is 0 Å². The number of hydrogen-bond acceptors (Lipinski definition) is 6. The fraction of sp³-hybridized carbons (Fsp3) is 0.600. The van der Waals surface area contributed by atoms with Crippen LogP contribution in [0.3, 0.4) is 0 Å². The van der Waals surface area contributed by atoms with E-state index in [0.29, 0.717) is 5.57 Å². The SMILES string of the molecule is C=C1C(=O)OC2C1C(O)CC1(C)C(OC(=O)C(C)=CC)C(O)C=C(C)C21. The Morgan fingerprint density at radius 1 is 1.46 bits per heavy atom. The van der Waals surface area contributed by atoms with E-state index in [1.807, 2.05) is 13.8 Å². The summed E-state index contributed by atoms with van der Waals surface area (Å²) in [5.41, 5.74) is 0.813. The first-order valence-electron chi connectivity index (χ1n) is 8.90. The third-order valence-corrected chi connectivity index (χ3v) is 6.24. The Kier molecular flexibility index (Phi) is 4.61. The van der Waals surface area contributed by atoms with Gasteiger partial charge in [-0.05, 0) is 27.2 Å². The van der Waals surface area contributed by atoms with E-state index < -0.39 is 47.7 Å². The van der Waals surface area contributed by atoms with E-state index in [2.05, 4.69) is 6.58 Å². The highest BCUT2D eigenvalue weighted by molar-refractivity contribution is 5.91. The van der Waals surface area contributed by atoms with Crippen LogP contribution in [0.15, 0.2) is 35.5 Å². The molecule has 0 bridgehead atoms. The van der Waals surface area contributed by atoms with Crippen LogP contribution in [0, 0.1) is 17.3 Å². The summed E-state index contributed by atoms with van der Waals surface area (Å²) in [5.74, 6) is -1.76. The smallest absolute Gasteiger partial charge is 0.334 e. The number of rotatable bonds is 2. The lowest BCUT2D eigenvalue weighted by molar-refractivity contribution is -0.188. The molecule has 2 fully saturated rings. The zero-order valence-electron chi connectivity index (χ0n) is 15.6. The van der Waals surface area contributed by atoms with Gasteiger partial charge in [0.25, 0.3) is 0 Å². The topological polar surface area (TPSA) is 93.1 Å². The molecule has 7 atom stereocenters. The van der Waals surface area contributed by atoms with E-state index in [9.17, 15) is 19.8 Å². The monoisotopic (exact) mass is 362 g/mol. The van der Waals surface area contributed by atoms with Gasteiger partial charge in [0.1, 0.15) is 18.3 Å². The largest absolute Gasteiger partial charge is 0.458 e. The van der Waals surface area contributed by atoms with E-state index in [-0.39, 0.29) is 17.9 Å². The number of ether oxygens (including phenoxy) is 2. The second kappa shape index (κ2) is 6.35. The molecule has 1 saturated carbocycles. The number of esters is 2. The molecule has 0 aromatic heterocycles. The molecule has 6 heteroatoms. The number of allylic oxidation sites excluding steroid dienone is 1. The summed E-state index contributed by atoms with van der Waals surface area (Å²) < 4.78 is 11.2. The molecule has 3 aliphatic rings. The number of carbonyl (C=O) groups is 2. The minimum absolute atomic E-state index is 0.267. The summed E-state index contributed by atoms with van der Waals surface area (Å²) in [6.07, 6.45) is 0.296. The Hall–Kier alpha value is -1.92. The highest BCUT2D eigenvalue weighted by atomic mass is 16.6. The molecule has 1 heterocycles. The number of aliphatic hydroxyl groups excluding tert-OH is 2. The van der Waals surface area contributed by atoms with Crippen molar-refractivity contribution < 1.29 is 29.3 Å². The molecule has 26 heavy (non-hydrogen) atoms. The molecular formula is C20H26O6. The lowest BCUT2D eigenvalue weighted by Gasteiger charge is -2.54. The van der Waals surface area contributed by atoms with Crippen LogP contribution in [0.4, 0.5) is 0 Å². The van der Waals surface area contributed by atoms with Crippen LogP contribution in [0.25, 0.3) is 0 Å². The molecule has 0 aromatic rings. The van der Waals surface area contributed by atoms with Crippen LogP contribution in [0.2, 0.25) is 0 Å². The molecule has 1 saturated heterocycles. The van der Waals surface area contributed by atoms with Gasteiger partial charge in [0.15, 0.2) is 0 Å². The Labute approximate surface area is 153 Å². The summed E-state index contributed by atoms with van der Waals surface area (Å²) in [7, 11) is 0. The first-order chi connectivity index (χ1) is 12.1. The highest BCUT2D eigenvalue weighted by Crippen LogP contribution is 2.57. The van der Waals surface area contributed by atoms with E-state index in [1.165, 1.54) is 0 Å². The third kappa shape index (κ3) is 2.63. The average Bonchev–Trinajstić information content (AvgIpc) is 2.85. The Bertz CT molecular complexity index is 720. The van der Waals surface area contributed by atoms with Crippen molar-refractivity contribution in [2.24, 2.45) is 17.3 Å². The van der Waals surface area contributed by atoms with Gasteiger partial charge in [-0.15, -0.1) is 0 Å². The molecule has 0 radical (unpaired) electrons. The van der Waals surface area contributed by atoms with Gasteiger partial charge >= 0.3 is 11.9 Å². The van der Waals surface area contributed by atoms with Crippen LogP contribution >= 0.6 is 0 Å². The van der Waals surface area contributed by atoms with Crippen molar-refractivity contribution in [3.05, 3.63) is 35.5 Å². The number of hydrogen-bond donors (Lipinski definition) is 2. The quantitative estimate of drug-likeness (QED) is 0.441. The lowest BCUT2D eigenvalue weighted by atomic mass is 9.54. The van der Waals surface area contributed by atoms with Gasteiger partial charge < -0.3 is 19.7 Å². The van der Waals surface area contributed by atoms with Crippen molar-refractivity contribution in [1.29, 1.82) is 0 Å². The maximum atomic E-state index is 12.3. The predicted molar refractivity (Wildman–Crippen MR) is 93.8 cm³/mol. The standard InChI is InChI=1S/C20H26O6/c1-6-9(2)18(23)26-17-12(21)7-10(3)15-16-14(11(4)19(24)25-16)13(22)8-20(15,17)5/h6-7,12-17,21-22H,4,8H2,1-3,5H3. The molecule has 2 aliphatic carbocycles. The second-order valence-corrected chi connectivity index (χ2v) is 7.87. The molecule has 0 aromatic carbocycles. The molecule has 0 amide bonds. The zero-order valence-corrected chi connectivity index (χ0v) is 15.6. The lowest BCUT2D eigenvalue weighted by Crippen LogP contribution is -2.61. The molecule has 3 rings (SSSR count). The van der Waals surface area contributed by atoms with Crippen molar-refractivity contribution in [3.8, 4) is 0 Å². The Balaban J connectivity index is 2.02. The van der Waals surface area contributed by atoms with E-state index in [4.69, 9.17) is 9.47 Å². The number of fused-ring (bicyclic) bond motifs is 3. The Morgan fingerprint density at radius 2 is 2.12 bits per heavy atom. The molecule has 7 unspecified atom stereocenters. The summed E-state index contributed by atoms with van der Waals surface area (Å²) >= 11 is 0. The van der Waals surface area contributed by atoms with Crippen molar-refractivity contribution in [1.82, 2.24) is 0 Å². The molecular weight excluding hydrogens is 336 g/mol. The van der Waals surface area contributed by atoms with Crippen molar-refractivity contribution in [3.63, 3.8) is 0 Å². The number of carbonyl (C=O) groups excluding carboxylic acids is 2. The summed E-state index contributed by atoms with van der Waals surface area (Å²) in [4.78, 5) is 24.3. The molecule has 1 aliphatic heterocycles. The van der Waals surface area contributed by atoms with E-state index in [1.54, 1.807) is 26.0 Å². The zero-order chi connectivity index (χ0) is 19.4. The van der Waals surface area contributed by atoms with Gasteiger partial charge in [0.05, 0.1) is 12.0 Å². The predicted octanol–water partition coefficient (Wildman–Crippen LogP) is 1.67. The second-order valence-electron chi connectivity index (χ2n) is 7.87.